The Kier molecular flexibility index (Phi) is 5.71. The van der Waals surface area contributed by atoms with Gasteiger partial charge in [-0.25, -0.2) is 8.42 Å². The van der Waals surface area contributed by atoms with Gasteiger partial charge in [0.1, 0.15) is 5.75 Å². The molecule has 0 bridgehead atoms. The third kappa shape index (κ3) is 5.93. The Hall–Kier alpha value is -0.620. The molecule has 0 unspecified atom stereocenters. The van der Waals surface area contributed by atoms with Crippen molar-refractivity contribution in [3.8, 4) is 0 Å². The maximum atomic E-state index is 11.4. The van der Waals surface area contributed by atoms with Gasteiger partial charge in [-0.2, -0.15) is 0 Å². The highest BCUT2D eigenvalue weighted by Crippen LogP contribution is 1.95. The molecule has 0 saturated heterocycles. The topological polar surface area (TPSA) is 74.7 Å². The summed E-state index contributed by atoms with van der Waals surface area (Å²) in [7, 11) is -3.28. The lowest BCUT2D eigenvalue weighted by molar-refractivity contribution is -0.129. The predicted octanol–water partition coefficient (Wildman–Crippen LogP) is -0.738. The van der Waals surface area contributed by atoms with Crippen molar-refractivity contribution in [1.82, 2.24) is 4.90 Å². The molecule has 14 heavy (non-hydrogen) atoms. The Morgan fingerprint density at radius 2 is 1.93 bits per heavy atom. The monoisotopic (exact) mass is 223 g/mol. The third-order valence-corrected chi connectivity index (χ3v) is 2.37. The predicted molar refractivity (Wildman–Crippen MR) is 53.7 cm³/mol. The summed E-state index contributed by atoms with van der Waals surface area (Å²) >= 11 is 0. The molecule has 0 aromatic heterocycles. The van der Waals surface area contributed by atoms with Crippen molar-refractivity contribution in [3.63, 3.8) is 0 Å². The lowest BCUT2D eigenvalue weighted by Crippen LogP contribution is -2.38. The van der Waals surface area contributed by atoms with Gasteiger partial charge >= 0.3 is 0 Å². The van der Waals surface area contributed by atoms with E-state index in [1.54, 1.807) is 0 Å². The molecule has 5 nitrogen and oxygen atoms in total. The van der Waals surface area contributed by atoms with E-state index in [9.17, 15) is 13.2 Å². The summed E-state index contributed by atoms with van der Waals surface area (Å²) in [5, 5.41) is 8.67. The Morgan fingerprint density at radius 1 is 1.36 bits per heavy atom. The zero-order chi connectivity index (χ0) is 11.2. The number of aliphatic hydroxyl groups excluding tert-OH is 1. The molecule has 0 aliphatic heterocycles. The molecule has 6 heteroatoms. The quantitative estimate of drug-likeness (QED) is 0.643. The highest BCUT2D eigenvalue weighted by Gasteiger charge is 2.17. The standard InChI is InChI=1S/C8H17NO4S/c1-3-4-9(5-6-10)8(11)7-14(2,12)13/h10H,3-7H2,1-2H3. The van der Waals surface area contributed by atoms with Crippen LogP contribution in [0.2, 0.25) is 0 Å². The van der Waals surface area contributed by atoms with Gasteiger partial charge in [0.05, 0.1) is 6.61 Å². The number of rotatable bonds is 6. The van der Waals surface area contributed by atoms with Crippen molar-refractivity contribution in [2.24, 2.45) is 0 Å². The Morgan fingerprint density at radius 3 is 2.29 bits per heavy atom. The second kappa shape index (κ2) is 5.98. The van der Waals surface area contributed by atoms with Crippen LogP contribution in [-0.2, 0) is 14.6 Å². The van der Waals surface area contributed by atoms with Gasteiger partial charge < -0.3 is 10.0 Å². The number of nitrogens with zero attached hydrogens (tertiary/aromatic N) is 1. The van der Waals surface area contributed by atoms with E-state index in [0.717, 1.165) is 12.7 Å². The van der Waals surface area contributed by atoms with Gasteiger partial charge in [0.2, 0.25) is 5.91 Å². The first-order valence-electron chi connectivity index (χ1n) is 4.47. The number of aliphatic hydroxyl groups is 1. The van der Waals surface area contributed by atoms with Crippen molar-refractivity contribution in [3.05, 3.63) is 0 Å². The average molecular weight is 223 g/mol. The van der Waals surface area contributed by atoms with Crippen molar-refractivity contribution in [1.29, 1.82) is 0 Å². The fourth-order valence-corrected chi connectivity index (χ4v) is 1.70. The fourth-order valence-electron chi connectivity index (χ4n) is 1.07. The van der Waals surface area contributed by atoms with E-state index >= 15 is 0 Å². The van der Waals surface area contributed by atoms with Gasteiger partial charge in [0.25, 0.3) is 0 Å². The molecular formula is C8H17NO4S. The molecule has 0 aliphatic rings. The van der Waals surface area contributed by atoms with Crippen LogP contribution in [0, 0.1) is 0 Å². The van der Waals surface area contributed by atoms with Crippen molar-refractivity contribution < 1.29 is 18.3 Å². The fraction of sp³-hybridized carbons (Fsp3) is 0.875. The van der Waals surface area contributed by atoms with Crippen molar-refractivity contribution >= 4 is 15.7 Å². The molecule has 0 aromatic rings. The minimum atomic E-state index is -3.28. The van der Waals surface area contributed by atoms with Gasteiger partial charge in [-0.05, 0) is 6.42 Å². The van der Waals surface area contributed by atoms with E-state index < -0.39 is 21.5 Å². The SMILES string of the molecule is CCCN(CCO)C(=O)CS(C)(=O)=O. The number of hydrogen-bond acceptors (Lipinski definition) is 4. The van der Waals surface area contributed by atoms with Gasteiger partial charge in [0.15, 0.2) is 9.84 Å². The van der Waals surface area contributed by atoms with Crippen LogP contribution in [-0.4, -0.2) is 56.0 Å². The summed E-state index contributed by atoms with van der Waals surface area (Å²) in [5.74, 6) is -0.920. The van der Waals surface area contributed by atoms with Crippen LogP contribution in [0.1, 0.15) is 13.3 Å². The summed E-state index contributed by atoms with van der Waals surface area (Å²) in [5.41, 5.74) is 0. The van der Waals surface area contributed by atoms with Crippen LogP contribution >= 0.6 is 0 Å². The summed E-state index contributed by atoms with van der Waals surface area (Å²) in [4.78, 5) is 12.7. The highest BCUT2D eigenvalue weighted by atomic mass is 32.2. The van der Waals surface area contributed by atoms with E-state index in [1.165, 1.54) is 4.90 Å². The zero-order valence-electron chi connectivity index (χ0n) is 8.56. The molecule has 0 saturated carbocycles. The lowest BCUT2D eigenvalue weighted by Gasteiger charge is -2.20. The zero-order valence-corrected chi connectivity index (χ0v) is 9.38. The number of carbonyl (C=O) groups is 1. The second-order valence-corrected chi connectivity index (χ2v) is 5.31. The van der Waals surface area contributed by atoms with Crippen LogP contribution in [0.4, 0.5) is 0 Å². The van der Waals surface area contributed by atoms with E-state index in [4.69, 9.17) is 5.11 Å². The normalized spacial score (nSPS) is 11.4. The van der Waals surface area contributed by atoms with Crippen LogP contribution in [0.25, 0.3) is 0 Å². The summed E-state index contributed by atoms with van der Waals surface area (Å²) in [6.45, 7) is 2.42. The van der Waals surface area contributed by atoms with Crippen LogP contribution < -0.4 is 0 Å². The lowest BCUT2D eigenvalue weighted by atomic mass is 10.4. The Labute approximate surface area is 84.6 Å². The smallest absolute Gasteiger partial charge is 0.237 e. The first-order valence-corrected chi connectivity index (χ1v) is 6.53. The minimum absolute atomic E-state index is 0.143. The average Bonchev–Trinajstić information content (AvgIpc) is 2.01. The number of sulfone groups is 1. The van der Waals surface area contributed by atoms with Gasteiger partial charge in [-0.15, -0.1) is 0 Å². The van der Waals surface area contributed by atoms with Crippen LogP contribution in [0.3, 0.4) is 0 Å². The number of amides is 1. The van der Waals surface area contributed by atoms with Gasteiger partial charge in [-0.1, -0.05) is 6.92 Å². The van der Waals surface area contributed by atoms with Gasteiger partial charge in [-0.3, -0.25) is 4.79 Å². The third-order valence-electron chi connectivity index (χ3n) is 1.60. The molecule has 84 valence electrons. The van der Waals surface area contributed by atoms with Crippen molar-refractivity contribution in [2.75, 3.05) is 31.7 Å². The molecule has 0 rings (SSSR count). The molecule has 0 heterocycles. The van der Waals surface area contributed by atoms with Crippen molar-refractivity contribution in [2.45, 2.75) is 13.3 Å². The molecule has 0 spiro atoms. The summed E-state index contributed by atoms with van der Waals surface area (Å²) in [6.07, 6.45) is 1.77. The molecule has 1 amide bonds. The maximum Gasteiger partial charge on any atom is 0.237 e. The van der Waals surface area contributed by atoms with E-state index in [0.29, 0.717) is 6.54 Å². The Balaban J connectivity index is 4.29. The molecule has 1 N–H and O–H groups in total. The maximum absolute atomic E-state index is 11.4. The van der Waals surface area contributed by atoms with E-state index in [1.807, 2.05) is 6.92 Å². The first-order chi connectivity index (χ1) is 6.40. The minimum Gasteiger partial charge on any atom is -0.395 e. The highest BCUT2D eigenvalue weighted by molar-refractivity contribution is 7.91. The van der Waals surface area contributed by atoms with Crippen LogP contribution in [0.15, 0.2) is 0 Å². The number of hydrogen-bond donors (Lipinski definition) is 1. The molecule has 0 atom stereocenters. The summed E-state index contributed by atoms with van der Waals surface area (Å²) in [6, 6.07) is 0. The van der Waals surface area contributed by atoms with Gasteiger partial charge in [0, 0.05) is 19.3 Å². The largest absolute Gasteiger partial charge is 0.395 e. The molecule has 0 aliphatic carbocycles. The molecule has 0 aromatic carbocycles. The number of carbonyl (C=O) groups excluding carboxylic acids is 1. The van der Waals surface area contributed by atoms with Crippen LogP contribution in [0.5, 0.6) is 0 Å². The molecule has 0 radical (unpaired) electrons. The van der Waals surface area contributed by atoms with E-state index in [2.05, 4.69) is 0 Å². The first kappa shape index (κ1) is 13.4. The Bertz CT molecular complexity index is 267. The molecule has 0 fully saturated rings. The van der Waals surface area contributed by atoms with E-state index in [-0.39, 0.29) is 13.2 Å². The summed E-state index contributed by atoms with van der Waals surface area (Å²) < 4.78 is 21.7. The molecular weight excluding hydrogens is 206 g/mol. The second-order valence-electron chi connectivity index (χ2n) is 3.17.